The van der Waals surface area contributed by atoms with E-state index in [-0.39, 0.29) is 12.0 Å². The van der Waals surface area contributed by atoms with Crippen LogP contribution in [0.15, 0.2) is 28.7 Å². The zero-order valence-electron chi connectivity index (χ0n) is 12.5. The first-order chi connectivity index (χ1) is 10.6. The maximum atomic E-state index is 12.0. The fraction of sp³-hybridized carbons (Fsp3) is 0.467. The summed E-state index contributed by atoms with van der Waals surface area (Å²) < 4.78 is 5.94. The van der Waals surface area contributed by atoms with Crippen LogP contribution in [0.5, 0.6) is 0 Å². The third-order valence-corrected chi connectivity index (χ3v) is 3.92. The van der Waals surface area contributed by atoms with Crippen LogP contribution in [-0.4, -0.2) is 61.1 Å². The number of anilines is 1. The van der Waals surface area contributed by atoms with Gasteiger partial charge in [-0.05, 0) is 31.2 Å². The van der Waals surface area contributed by atoms with Gasteiger partial charge in [0, 0.05) is 36.3 Å². The molecule has 1 N–H and O–H groups in total. The molecule has 22 heavy (non-hydrogen) atoms. The zero-order valence-corrected chi connectivity index (χ0v) is 14.1. The first-order valence-electron chi connectivity index (χ1n) is 7.28. The molecule has 120 valence electrons. The van der Waals surface area contributed by atoms with Gasteiger partial charge in [-0.2, -0.15) is 0 Å². The monoisotopic (exact) mass is 369 g/mol. The van der Waals surface area contributed by atoms with E-state index in [1.54, 1.807) is 11.8 Å². The fourth-order valence-electron chi connectivity index (χ4n) is 2.24. The molecule has 6 nitrogen and oxygen atoms in total. The molecule has 0 unspecified atom stereocenters. The summed E-state index contributed by atoms with van der Waals surface area (Å²) in [6.45, 7) is 5.02. The number of piperazine rings is 1. The molecule has 0 spiro atoms. The Labute approximate surface area is 138 Å². The lowest BCUT2D eigenvalue weighted by Gasteiger charge is -2.33. The predicted molar refractivity (Wildman–Crippen MR) is 87.8 cm³/mol. The number of nitrogens with one attached hydrogen (secondary N) is 1. The summed E-state index contributed by atoms with van der Waals surface area (Å²) >= 11 is 3.36. The number of ether oxygens (including phenoxy) is 1. The minimum absolute atomic E-state index is 0.0492. The van der Waals surface area contributed by atoms with E-state index < -0.39 is 0 Å². The lowest BCUT2D eigenvalue weighted by Crippen LogP contribution is -2.50. The molecule has 7 heteroatoms. The summed E-state index contributed by atoms with van der Waals surface area (Å²) in [5.74, 6) is -0.0492. The molecular formula is C15H20BrN3O3. The van der Waals surface area contributed by atoms with Gasteiger partial charge in [0.15, 0.2) is 0 Å². The molecule has 0 bridgehead atoms. The van der Waals surface area contributed by atoms with Gasteiger partial charge in [-0.1, -0.05) is 15.9 Å². The molecule has 1 saturated heterocycles. The smallest absolute Gasteiger partial charge is 0.409 e. The number of hydrogen-bond donors (Lipinski definition) is 1. The summed E-state index contributed by atoms with van der Waals surface area (Å²) in [5.41, 5.74) is 0.776. The van der Waals surface area contributed by atoms with Crippen LogP contribution in [0.1, 0.15) is 6.92 Å². The van der Waals surface area contributed by atoms with Gasteiger partial charge in [0.25, 0.3) is 0 Å². The minimum atomic E-state index is -0.276. The molecule has 0 radical (unpaired) electrons. The van der Waals surface area contributed by atoms with E-state index in [2.05, 4.69) is 21.2 Å². The van der Waals surface area contributed by atoms with E-state index in [1.807, 2.05) is 29.2 Å². The van der Waals surface area contributed by atoms with Crippen LogP contribution in [0.2, 0.25) is 0 Å². The highest BCUT2D eigenvalue weighted by molar-refractivity contribution is 9.10. The third kappa shape index (κ3) is 4.99. The van der Waals surface area contributed by atoms with Crippen LogP contribution in [0, 0.1) is 0 Å². The van der Waals surface area contributed by atoms with Crippen molar-refractivity contribution >= 4 is 33.6 Å². The second-order valence-electron chi connectivity index (χ2n) is 5.02. The molecule has 0 aliphatic carbocycles. The number of carbonyl (C=O) groups excluding carboxylic acids is 2. The van der Waals surface area contributed by atoms with Gasteiger partial charge < -0.3 is 15.0 Å². The number of benzene rings is 1. The largest absolute Gasteiger partial charge is 0.450 e. The summed E-state index contributed by atoms with van der Waals surface area (Å²) in [6, 6.07) is 7.46. The second-order valence-corrected chi connectivity index (χ2v) is 5.93. The van der Waals surface area contributed by atoms with Gasteiger partial charge >= 0.3 is 6.09 Å². The van der Waals surface area contributed by atoms with E-state index >= 15 is 0 Å². The standard InChI is InChI=1S/C15H20BrN3O3/c1-2-22-15(21)19-9-7-18(8-10-19)11-14(20)17-13-5-3-12(16)4-6-13/h3-6H,2,7-11H2,1H3,(H,17,20). The van der Waals surface area contributed by atoms with E-state index in [4.69, 9.17) is 4.74 Å². The van der Waals surface area contributed by atoms with Crippen molar-refractivity contribution < 1.29 is 14.3 Å². The predicted octanol–water partition coefficient (Wildman–Crippen LogP) is 2.16. The van der Waals surface area contributed by atoms with E-state index in [0.29, 0.717) is 39.3 Å². The highest BCUT2D eigenvalue weighted by atomic mass is 79.9. The Morgan fingerprint density at radius 1 is 1.18 bits per heavy atom. The van der Waals surface area contributed by atoms with Crippen molar-refractivity contribution in [2.24, 2.45) is 0 Å². The Hall–Kier alpha value is -1.60. The average molecular weight is 370 g/mol. The Bertz CT molecular complexity index is 513. The molecule has 1 aliphatic heterocycles. The lowest BCUT2D eigenvalue weighted by atomic mass is 10.3. The lowest BCUT2D eigenvalue weighted by molar-refractivity contribution is -0.117. The Kier molecular flexibility index (Phi) is 6.21. The van der Waals surface area contributed by atoms with Crippen LogP contribution in [-0.2, 0) is 9.53 Å². The van der Waals surface area contributed by atoms with Crippen molar-refractivity contribution in [3.63, 3.8) is 0 Å². The molecule has 1 fully saturated rings. The molecule has 0 saturated carbocycles. The van der Waals surface area contributed by atoms with Crippen LogP contribution in [0.4, 0.5) is 10.5 Å². The summed E-state index contributed by atoms with van der Waals surface area (Å²) in [7, 11) is 0. The molecule has 1 aromatic rings. The Morgan fingerprint density at radius 2 is 1.82 bits per heavy atom. The first kappa shape index (κ1) is 16.8. The van der Waals surface area contributed by atoms with Gasteiger partial charge in [0.2, 0.25) is 5.91 Å². The third-order valence-electron chi connectivity index (χ3n) is 3.39. The normalized spacial score (nSPS) is 15.5. The van der Waals surface area contributed by atoms with Crippen LogP contribution < -0.4 is 5.32 Å². The molecule has 0 atom stereocenters. The van der Waals surface area contributed by atoms with E-state index in [0.717, 1.165) is 10.2 Å². The number of hydrogen-bond acceptors (Lipinski definition) is 4. The van der Waals surface area contributed by atoms with Crippen LogP contribution in [0.25, 0.3) is 0 Å². The second kappa shape index (κ2) is 8.14. The Morgan fingerprint density at radius 3 is 2.41 bits per heavy atom. The van der Waals surface area contributed by atoms with Gasteiger partial charge in [0.05, 0.1) is 13.2 Å². The molecule has 2 rings (SSSR count). The number of halogens is 1. The van der Waals surface area contributed by atoms with Crippen LogP contribution in [0.3, 0.4) is 0 Å². The minimum Gasteiger partial charge on any atom is -0.450 e. The van der Waals surface area contributed by atoms with Gasteiger partial charge in [-0.15, -0.1) is 0 Å². The van der Waals surface area contributed by atoms with Crippen molar-refractivity contribution in [1.82, 2.24) is 9.80 Å². The van der Waals surface area contributed by atoms with Gasteiger partial charge in [0.1, 0.15) is 0 Å². The van der Waals surface area contributed by atoms with Crippen molar-refractivity contribution in [3.8, 4) is 0 Å². The van der Waals surface area contributed by atoms with Gasteiger partial charge in [-0.25, -0.2) is 4.79 Å². The molecular weight excluding hydrogens is 350 g/mol. The fourth-order valence-corrected chi connectivity index (χ4v) is 2.50. The molecule has 2 amide bonds. The summed E-state index contributed by atoms with van der Waals surface area (Å²) in [6.07, 6.45) is -0.276. The van der Waals surface area contributed by atoms with Crippen LogP contribution >= 0.6 is 15.9 Å². The van der Waals surface area contributed by atoms with Crippen molar-refractivity contribution in [2.75, 3.05) is 44.6 Å². The summed E-state index contributed by atoms with van der Waals surface area (Å²) in [5, 5.41) is 2.86. The van der Waals surface area contributed by atoms with Crippen molar-refractivity contribution in [3.05, 3.63) is 28.7 Å². The maximum absolute atomic E-state index is 12.0. The zero-order chi connectivity index (χ0) is 15.9. The SMILES string of the molecule is CCOC(=O)N1CCN(CC(=O)Nc2ccc(Br)cc2)CC1. The highest BCUT2D eigenvalue weighted by Gasteiger charge is 2.23. The maximum Gasteiger partial charge on any atom is 0.409 e. The summed E-state index contributed by atoms with van der Waals surface area (Å²) in [4.78, 5) is 27.3. The van der Waals surface area contributed by atoms with E-state index in [9.17, 15) is 9.59 Å². The molecule has 1 heterocycles. The Balaban J connectivity index is 1.74. The highest BCUT2D eigenvalue weighted by Crippen LogP contribution is 2.14. The number of carbonyl (C=O) groups is 2. The number of nitrogens with zero attached hydrogens (tertiary/aromatic N) is 2. The van der Waals surface area contributed by atoms with Crippen molar-refractivity contribution in [1.29, 1.82) is 0 Å². The van der Waals surface area contributed by atoms with Crippen molar-refractivity contribution in [2.45, 2.75) is 6.92 Å². The molecule has 1 aromatic carbocycles. The molecule has 0 aromatic heterocycles. The van der Waals surface area contributed by atoms with Gasteiger partial charge in [-0.3, -0.25) is 9.69 Å². The van der Waals surface area contributed by atoms with E-state index in [1.165, 1.54) is 0 Å². The number of amides is 2. The average Bonchev–Trinajstić information content (AvgIpc) is 2.50. The topological polar surface area (TPSA) is 61.9 Å². The quantitative estimate of drug-likeness (QED) is 0.883. The molecule has 1 aliphatic rings. The first-order valence-corrected chi connectivity index (χ1v) is 8.07. The number of rotatable bonds is 4.